The van der Waals surface area contributed by atoms with Gasteiger partial charge in [0.05, 0.1) is 17.9 Å². The highest BCUT2D eigenvalue weighted by Crippen LogP contribution is 2.19. The number of aromatic nitrogens is 2. The van der Waals surface area contributed by atoms with Crippen molar-refractivity contribution in [2.75, 3.05) is 6.54 Å². The Morgan fingerprint density at radius 3 is 2.86 bits per heavy atom. The summed E-state index contributed by atoms with van der Waals surface area (Å²) < 4.78 is 1.86. The van der Waals surface area contributed by atoms with Crippen LogP contribution in [0, 0.1) is 0 Å². The Balaban J connectivity index is 1.73. The average molecular weight is 284 g/mol. The number of piperidine rings is 1. The van der Waals surface area contributed by atoms with E-state index in [9.17, 15) is 4.79 Å². The first-order chi connectivity index (χ1) is 10.2. The molecule has 0 spiro atoms. The van der Waals surface area contributed by atoms with Crippen molar-refractivity contribution in [1.29, 1.82) is 0 Å². The van der Waals surface area contributed by atoms with E-state index in [0.29, 0.717) is 0 Å². The zero-order valence-corrected chi connectivity index (χ0v) is 12.0. The van der Waals surface area contributed by atoms with Crippen LogP contribution in [0.15, 0.2) is 42.7 Å². The van der Waals surface area contributed by atoms with Gasteiger partial charge in [-0.3, -0.25) is 9.69 Å². The molecule has 1 saturated heterocycles. The normalized spacial score (nSPS) is 19.5. The van der Waals surface area contributed by atoms with Gasteiger partial charge >= 0.3 is 0 Å². The highest BCUT2D eigenvalue weighted by atomic mass is 16.1. The van der Waals surface area contributed by atoms with Crippen LogP contribution in [0.3, 0.4) is 0 Å². The molecule has 1 amide bonds. The number of rotatable bonds is 4. The number of hydrogen-bond donors (Lipinski definition) is 1. The highest BCUT2D eigenvalue weighted by molar-refractivity contribution is 5.79. The van der Waals surface area contributed by atoms with Crippen molar-refractivity contribution in [3.8, 4) is 5.69 Å². The summed E-state index contributed by atoms with van der Waals surface area (Å²) in [5, 5.41) is 4.40. The van der Waals surface area contributed by atoms with Crippen LogP contribution in [0.5, 0.6) is 0 Å². The number of carbonyl (C=O) groups excluding carboxylic acids is 1. The molecule has 1 aromatic heterocycles. The molecule has 1 aliphatic rings. The summed E-state index contributed by atoms with van der Waals surface area (Å²) in [6.45, 7) is 1.64. The highest BCUT2D eigenvalue weighted by Gasteiger charge is 2.26. The van der Waals surface area contributed by atoms with Crippen molar-refractivity contribution in [1.82, 2.24) is 14.7 Å². The topological polar surface area (TPSA) is 64.2 Å². The Morgan fingerprint density at radius 2 is 2.10 bits per heavy atom. The van der Waals surface area contributed by atoms with Gasteiger partial charge in [-0.25, -0.2) is 4.68 Å². The van der Waals surface area contributed by atoms with Crippen molar-refractivity contribution in [3.63, 3.8) is 0 Å². The number of para-hydroxylation sites is 1. The molecule has 1 atom stereocenters. The average Bonchev–Trinajstić information content (AvgIpc) is 2.97. The van der Waals surface area contributed by atoms with Crippen molar-refractivity contribution in [2.24, 2.45) is 5.73 Å². The molecular weight excluding hydrogens is 264 g/mol. The van der Waals surface area contributed by atoms with E-state index in [1.165, 1.54) is 0 Å². The maximum absolute atomic E-state index is 11.5. The molecule has 1 fully saturated rings. The van der Waals surface area contributed by atoms with Gasteiger partial charge in [0.1, 0.15) is 0 Å². The lowest BCUT2D eigenvalue weighted by Crippen LogP contribution is -2.47. The molecule has 1 aliphatic heterocycles. The summed E-state index contributed by atoms with van der Waals surface area (Å²) >= 11 is 0. The number of benzene rings is 1. The van der Waals surface area contributed by atoms with Crippen LogP contribution in [-0.4, -0.2) is 33.2 Å². The minimum absolute atomic E-state index is 0.140. The summed E-state index contributed by atoms with van der Waals surface area (Å²) in [7, 11) is 0. The van der Waals surface area contributed by atoms with Crippen molar-refractivity contribution in [3.05, 3.63) is 48.3 Å². The van der Waals surface area contributed by atoms with Crippen LogP contribution < -0.4 is 5.73 Å². The minimum atomic E-state index is -0.217. The second-order valence-electron chi connectivity index (χ2n) is 5.51. The van der Waals surface area contributed by atoms with E-state index in [4.69, 9.17) is 5.73 Å². The molecule has 2 heterocycles. The van der Waals surface area contributed by atoms with Gasteiger partial charge in [0.2, 0.25) is 5.91 Å². The van der Waals surface area contributed by atoms with Crippen LogP contribution in [0.1, 0.15) is 24.8 Å². The quantitative estimate of drug-likeness (QED) is 0.929. The van der Waals surface area contributed by atoms with E-state index in [-0.39, 0.29) is 11.9 Å². The van der Waals surface area contributed by atoms with E-state index in [0.717, 1.165) is 43.6 Å². The molecule has 5 heteroatoms. The first-order valence-electron chi connectivity index (χ1n) is 7.36. The number of nitrogens with zero attached hydrogens (tertiary/aromatic N) is 3. The molecule has 0 unspecified atom stereocenters. The van der Waals surface area contributed by atoms with Gasteiger partial charge in [-0.15, -0.1) is 0 Å². The van der Waals surface area contributed by atoms with E-state index in [2.05, 4.69) is 10.00 Å². The lowest BCUT2D eigenvalue weighted by atomic mass is 10.0. The minimum Gasteiger partial charge on any atom is -0.368 e. The van der Waals surface area contributed by atoms with Gasteiger partial charge in [0, 0.05) is 18.3 Å². The molecule has 0 aliphatic carbocycles. The maximum Gasteiger partial charge on any atom is 0.234 e. The predicted molar refractivity (Wildman–Crippen MR) is 80.8 cm³/mol. The molecule has 0 saturated carbocycles. The first kappa shape index (κ1) is 13.8. The molecule has 110 valence electrons. The summed E-state index contributed by atoms with van der Waals surface area (Å²) in [6.07, 6.45) is 6.94. The van der Waals surface area contributed by atoms with Crippen molar-refractivity contribution >= 4 is 5.91 Å². The molecule has 0 radical (unpaired) electrons. The Kier molecular flexibility index (Phi) is 4.01. The Hall–Kier alpha value is -2.14. The van der Waals surface area contributed by atoms with Crippen LogP contribution in [0.4, 0.5) is 0 Å². The largest absolute Gasteiger partial charge is 0.368 e. The molecule has 21 heavy (non-hydrogen) atoms. The summed E-state index contributed by atoms with van der Waals surface area (Å²) in [6, 6.07) is 9.86. The smallest absolute Gasteiger partial charge is 0.234 e. The third-order valence-corrected chi connectivity index (χ3v) is 3.98. The summed E-state index contributed by atoms with van der Waals surface area (Å²) in [4.78, 5) is 13.7. The number of amides is 1. The fourth-order valence-corrected chi connectivity index (χ4v) is 2.90. The third kappa shape index (κ3) is 3.13. The molecule has 2 aromatic rings. The molecular formula is C16H20N4O. The molecule has 1 aromatic carbocycles. The second kappa shape index (κ2) is 6.10. The number of carbonyl (C=O) groups is 1. The Morgan fingerprint density at radius 1 is 1.29 bits per heavy atom. The number of primary amides is 1. The van der Waals surface area contributed by atoms with Crippen LogP contribution in [0.2, 0.25) is 0 Å². The number of hydrogen-bond acceptors (Lipinski definition) is 3. The number of nitrogens with two attached hydrogens (primary N) is 1. The van der Waals surface area contributed by atoms with E-state index >= 15 is 0 Å². The standard InChI is InChI=1S/C16H20N4O/c17-16(21)15-8-4-5-9-19(15)11-13-10-18-20(12-13)14-6-2-1-3-7-14/h1-3,6-7,10,12,15H,4-5,8-9,11H2,(H2,17,21)/t15-/m1/s1. The number of likely N-dealkylation sites (tertiary alicyclic amines) is 1. The van der Waals surface area contributed by atoms with Gasteiger partial charge < -0.3 is 5.73 Å². The van der Waals surface area contributed by atoms with Crippen molar-refractivity contribution in [2.45, 2.75) is 31.8 Å². The zero-order chi connectivity index (χ0) is 14.7. The first-order valence-corrected chi connectivity index (χ1v) is 7.36. The van der Waals surface area contributed by atoms with Gasteiger partial charge in [-0.05, 0) is 31.5 Å². The lowest BCUT2D eigenvalue weighted by molar-refractivity contribution is -0.124. The monoisotopic (exact) mass is 284 g/mol. The van der Waals surface area contributed by atoms with Gasteiger partial charge in [0.15, 0.2) is 0 Å². The molecule has 0 bridgehead atoms. The van der Waals surface area contributed by atoms with Gasteiger partial charge in [0.25, 0.3) is 0 Å². The Labute approximate surface area is 124 Å². The SMILES string of the molecule is NC(=O)[C@H]1CCCCN1Cc1cnn(-c2ccccc2)c1. The second-order valence-corrected chi connectivity index (χ2v) is 5.51. The summed E-state index contributed by atoms with van der Waals surface area (Å²) in [5.41, 5.74) is 7.65. The van der Waals surface area contributed by atoms with Crippen molar-refractivity contribution < 1.29 is 4.79 Å². The zero-order valence-electron chi connectivity index (χ0n) is 12.0. The van der Waals surface area contributed by atoms with Gasteiger partial charge in [-0.2, -0.15) is 5.10 Å². The Bertz CT molecular complexity index is 608. The van der Waals surface area contributed by atoms with Crippen LogP contribution in [0.25, 0.3) is 5.69 Å². The third-order valence-electron chi connectivity index (χ3n) is 3.98. The summed E-state index contributed by atoms with van der Waals surface area (Å²) in [5.74, 6) is -0.217. The lowest BCUT2D eigenvalue weighted by Gasteiger charge is -2.33. The molecule has 2 N–H and O–H groups in total. The fourth-order valence-electron chi connectivity index (χ4n) is 2.90. The van der Waals surface area contributed by atoms with Gasteiger partial charge in [-0.1, -0.05) is 24.6 Å². The predicted octanol–water partition coefficient (Wildman–Crippen LogP) is 1.71. The fraction of sp³-hybridized carbons (Fsp3) is 0.375. The van der Waals surface area contributed by atoms with E-state index < -0.39 is 0 Å². The van der Waals surface area contributed by atoms with E-state index in [1.807, 2.05) is 47.4 Å². The van der Waals surface area contributed by atoms with Crippen LogP contribution in [-0.2, 0) is 11.3 Å². The van der Waals surface area contributed by atoms with Crippen LogP contribution >= 0.6 is 0 Å². The van der Waals surface area contributed by atoms with E-state index in [1.54, 1.807) is 0 Å². The maximum atomic E-state index is 11.5. The molecule has 3 rings (SSSR count). The molecule has 5 nitrogen and oxygen atoms in total.